The maximum atomic E-state index is 5.66. The molecule has 1 N–H and O–H groups in total. The van der Waals surface area contributed by atoms with Gasteiger partial charge in [0.05, 0.1) is 6.61 Å². The first-order chi connectivity index (χ1) is 8.28. The van der Waals surface area contributed by atoms with Crippen molar-refractivity contribution in [3.63, 3.8) is 0 Å². The van der Waals surface area contributed by atoms with Crippen molar-refractivity contribution in [1.29, 1.82) is 0 Å². The molecule has 1 atom stereocenters. The Kier molecular flexibility index (Phi) is 12.3. The van der Waals surface area contributed by atoms with Crippen LogP contribution >= 0.6 is 0 Å². The van der Waals surface area contributed by atoms with Gasteiger partial charge in [-0.05, 0) is 45.4 Å². The number of nitrogens with one attached hydrogen (secondary N) is 1. The lowest BCUT2D eigenvalue weighted by Gasteiger charge is -2.23. The lowest BCUT2D eigenvalue weighted by Crippen LogP contribution is -2.38. The molecule has 0 heterocycles. The van der Waals surface area contributed by atoms with Crippen LogP contribution in [0.15, 0.2) is 0 Å². The van der Waals surface area contributed by atoms with Crippen LogP contribution in [-0.2, 0) is 4.74 Å². The Morgan fingerprint density at radius 3 is 2.29 bits per heavy atom. The van der Waals surface area contributed by atoms with Crippen LogP contribution < -0.4 is 5.32 Å². The summed E-state index contributed by atoms with van der Waals surface area (Å²) in [6, 6.07) is 0.516. The number of hydrogen-bond donors (Lipinski definition) is 1. The number of nitrogens with zero attached hydrogens (tertiary/aromatic N) is 1. The fourth-order valence-electron chi connectivity index (χ4n) is 1.84. The second-order valence-electron chi connectivity index (χ2n) is 4.54. The van der Waals surface area contributed by atoms with E-state index in [2.05, 4.69) is 37.9 Å². The van der Waals surface area contributed by atoms with Gasteiger partial charge in [-0.15, -0.1) is 0 Å². The molecule has 0 radical (unpaired) electrons. The van der Waals surface area contributed by atoms with Crippen molar-refractivity contribution < 1.29 is 4.74 Å². The maximum absolute atomic E-state index is 5.66. The third-order valence-corrected chi connectivity index (χ3v) is 3.04. The van der Waals surface area contributed by atoms with Crippen LogP contribution in [0.3, 0.4) is 0 Å². The lowest BCUT2D eigenvalue weighted by molar-refractivity contribution is 0.105. The second kappa shape index (κ2) is 12.3. The maximum Gasteiger partial charge on any atom is 0.0620 e. The van der Waals surface area contributed by atoms with Crippen molar-refractivity contribution in [2.45, 2.75) is 53.0 Å². The highest BCUT2D eigenvalue weighted by molar-refractivity contribution is 4.68. The minimum Gasteiger partial charge on any atom is -0.380 e. The van der Waals surface area contributed by atoms with Crippen molar-refractivity contribution in [3.05, 3.63) is 0 Å². The van der Waals surface area contributed by atoms with Gasteiger partial charge in [-0.25, -0.2) is 0 Å². The number of hydrogen-bond acceptors (Lipinski definition) is 3. The van der Waals surface area contributed by atoms with Crippen LogP contribution in [0.2, 0.25) is 0 Å². The van der Waals surface area contributed by atoms with Gasteiger partial charge < -0.3 is 15.0 Å². The van der Waals surface area contributed by atoms with Gasteiger partial charge in [0.2, 0.25) is 0 Å². The molecule has 0 saturated heterocycles. The highest BCUT2D eigenvalue weighted by Crippen LogP contribution is 1.99. The largest absolute Gasteiger partial charge is 0.380 e. The zero-order chi connectivity index (χ0) is 12.9. The van der Waals surface area contributed by atoms with Crippen molar-refractivity contribution in [3.8, 4) is 0 Å². The minimum absolute atomic E-state index is 0.516. The Bertz CT molecular complexity index is 149. The molecule has 0 aromatic carbocycles. The molecule has 0 aromatic rings. The molecule has 17 heavy (non-hydrogen) atoms. The number of rotatable bonds is 12. The lowest BCUT2D eigenvalue weighted by atomic mass is 10.2. The van der Waals surface area contributed by atoms with Crippen LogP contribution in [0, 0.1) is 0 Å². The van der Waals surface area contributed by atoms with Gasteiger partial charge in [-0.1, -0.05) is 27.7 Å². The fraction of sp³-hybridized carbons (Fsp3) is 1.00. The van der Waals surface area contributed by atoms with E-state index in [0.717, 1.165) is 39.3 Å². The Hall–Kier alpha value is -0.120. The van der Waals surface area contributed by atoms with Crippen LogP contribution in [-0.4, -0.2) is 50.3 Å². The highest BCUT2D eigenvalue weighted by atomic mass is 16.5. The zero-order valence-corrected chi connectivity index (χ0v) is 12.3. The van der Waals surface area contributed by atoms with E-state index in [1.807, 2.05) is 0 Å². The van der Waals surface area contributed by atoms with E-state index in [4.69, 9.17) is 4.74 Å². The van der Waals surface area contributed by atoms with E-state index in [1.54, 1.807) is 0 Å². The first kappa shape index (κ1) is 16.9. The smallest absolute Gasteiger partial charge is 0.0620 e. The standard InChI is InChI=1S/C14H32N2O/c1-5-10-15-14(13-17-12-6-2)9-11-16(7-3)8-4/h14-15H,5-13H2,1-4H3. The minimum atomic E-state index is 0.516. The monoisotopic (exact) mass is 244 g/mol. The van der Waals surface area contributed by atoms with Gasteiger partial charge in [0, 0.05) is 12.6 Å². The first-order valence-corrected chi connectivity index (χ1v) is 7.31. The summed E-state index contributed by atoms with van der Waals surface area (Å²) in [5.41, 5.74) is 0. The van der Waals surface area contributed by atoms with Crippen LogP contribution in [0.5, 0.6) is 0 Å². The average molecular weight is 244 g/mol. The number of ether oxygens (including phenoxy) is 1. The topological polar surface area (TPSA) is 24.5 Å². The van der Waals surface area contributed by atoms with E-state index >= 15 is 0 Å². The Morgan fingerprint density at radius 2 is 1.76 bits per heavy atom. The Labute approximate surface area is 108 Å². The molecule has 0 saturated carbocycles. The predicted octanol–water partition coefficient (Wildman–Crippen LogP) is 2.51. The summed E-state index contributed by atoms with van der Waals surface area (Å²) >= 11 is 0. The molecule has 0 aliphatic rings. The molecular formula is C14H32N2O. The van der Waals surface area contributed by atoms with Crippen LogP contribution in [0.4, 0.5) is 0 Å². The molecular weight excluding hydrogens is 212 g/mol. The summed E-state index contributed by atoms with van der Waals surface area (Å²) < 4.78 is 5.66. The summed E-state index contributed by atoms with van der Waals surface area (Å²) in [7, 11) is 0. The molecule has 0 aliphatic heterocycles. The third-order valence-electron chi connectivity index (χ3n) is 3.04. The predicted molar refractivity (Wildman–Crippen MR) is 75.6 cm³/mol. The molecule has 3 heteroatoms. The third kappa shape index (κ3) is 9.57. The molecule has 3 nitrogen and oxygen atoms in total. The molecule has 104 valence electrons. The fourth-order valence-corrected chi connectivity index (χ4v) is 1.84. The quantitative estimate of drug-likeness (QED) is 0.534. The van der Waals surface area contributed by atoms with Gasteiger partial charge >= 0.3 is 0 Å². The van der Waals surface area contributed by atoms with Crippen molar-refractivity contribution in [2.75, 3.05) is 39.4 Å². The first-order valence-electron chi connectivity index (χ1n) is 7.31. The summed E-state index contributed by atoms with van der Waals surface area (Å²) in [5, 5.41) is 3.58. The molecule has 0 aromatic heterocycles. The average Bonchev–Trinajstić information content (AvgIpc) is 2.36. The normalized spacial score (nSPS) is 13.2. The Morgan fingerprint density at radius 1 is 1.06 bits per heavy atom. The highest BCUT2D eigenvalue weighted by Gasteiger charge is 2.09. The molecule has 0 spiro atoms. The van der Waals surface area contributed by atoms with E-state index in [-0.39, 0.29) is 0 Å². The molecule has 0 bridgehead atoms. The van der Waals surface area contributed by atoms with Crippen molar-refractivity contribution in [1.82, 2.24) is 10.2 Å². The molecule has 0 amide bonds. The van der Waals surface area contributed by atoms with Crippen molar-refractivity contribution >= 4 is 0 Å². The van der Waals surface area contributed by atoms with Crippen LogP contribution in [0.1, 0.15) is 47.0 Å². The molecule has 1 unspecified atom stereocenters. The zero-order valence-electron chi connectivity index (χ0n) is 12.3. The van der Waals surface area contributed by atoms with Gasteiger partial charge in [-0.2, -0.15) is 0 Å². The molecule has 0 aliphatic carbocycles. The van der Waals surface area contributed by atoms with Gasteiger partial charge in [0.25, 0.3) is 0 Å². The molecule has 0 fully saturated rings. The van der Waals surface area contributed by atoms with Crippen molar-refractivity contribution in [2.24, 2.45) is 0 Å². The summed E-state index contributed by atoms with van der Waals surface area (Å²) in [5.74, 6) is 0. The van der Waals surface area contributed by atoms with Gasteiger partial charge in [-0.3, -0.25) is 0 Å². The SMILES string of the molecule is CCCNC(CCN(CC)CC)COCCC. The summed E-state index contributed by atoms with van der Waals surface area (Å²) in [6.45, 7) is 15.1. The van der Waals surface area contributed by atoms with E-state index in [9.17, 15) is 0 Å². The van der Waals surface area contributed by atoms with Crippen LogP contribution in [0.25, 0.3) is 0 Å². The second-order valence-corrected chi connectivity index (χ2v) is 4.54. The molecule has 0 rings (SSSR count). The summed E-state index contributed by atoms with van der Waals surface area (Å²) in [6.07, 6.45) is 3.48. The van der Waals surface area contributed by atoms with Gasteiger partial charge in [0.15, 0.2) is 0 Å². The van der Waals surface area contributed by atoms with Gasteiger partial charge in [0.1, 0.15) is 0 Å². The van der Waals surface area contributed by atoms with E-state index in [1.165, 1.54) is 19.4 Å². The van der Waals surface area contributed by atoms with E-state index in [0.29, 0.717) is 6.04 Å². The van der Waals surface area contributed by atoms with E-state index < -0.39 is 0 Å². The summed E-state index contributed by atoms with van der Waals surface area (Å²) in [4.78, 5) is 2.47. The Balaban J connectivity index is 3.82.